The molecule has 0 saturated carbocycles. The number of nitrogens with zero attached hydrogens (tertiary/aromatic N) is 2. The van der Waals surface area contributed by atoms with E-state index < -0.39 is 24.3 Å². The van der Waals surface area contributed by atoms with Gasteiger partial charge in [0.05, 0.1) is 11.1 Å². The normalized spacial score (nSPS) is 13.2. The van der Waals surface area contributed by atoms with Crippen LogP contribution >= 0.6 is 0 Å². The molecule has 110 valence electrons. The third-order valence-corrected chi connectivity index (χ3v) is 3.20. The fourth-order valence-corrected chi connectivity index (χ4v) is 2.21. The quantitative estimate of drug-likeness (QED) is 0.824. The van der Waals surface area contributed by atoms with Gasteiger partial charge in [-0.2, -0.15) is 0 Å². The van der Waals surface area contributed by atoms with Gasteiger partial charge in [-0.05, 0) is 18.2 Å². The number of aromatic hydroxyl groups is 1. The lowest BCUT2D eigenvalue weighted by atomic mass is 10.2. The smallest absolute Gasteiger partial charge is 0.263 e. The summed E-state index contributed by atoms with van der Waals surface area (Å²) in [7, 11) is 0. The molecule has 0 radical (unpaired) electrons. The number of pyridine rings is 1. The molecule has 22 heavy (non-hydrogen) atoms. The van der Waals surface area contributed by atoms with Gasteiger partial charge < -0.3 is 10.4 Å². The Morgan fingerprint density at radius 1 is 1.18 bits per heavy atom. The Kier molecular flexibility index (Phi) is 3.30. The van der Waals surface area contributed by atoms with E-state index in [1.165, 1.54) is 30.6 Å². The molecule has 2 N–H and O–H groups in total. The van der Waals surface area contributed by atoms with E-state index in [-0.39, 0.29) is 16.9 Å². The van der Waals surface area contributed by atoms with Crippen molar-refractivity contribution in [1.82, 2.24) is 9.88 Å². The van der Waals surface area contributed by atoms with Gasteiger partial charge in [-0.25, -0.2) is 0 Å². The minimum Gasteiger partial charge on any atom is -0.508 e. The van der Waals surface area contributed by atoms with E-state index in [0.29, 0.717) is 5.69 Å². The van der Waals surface area contributed by atoms with Crippen LogP contribution in [0.15, 0.2) is 42.7 Å². The van der Waals surface area contributed by atoms with Crippen LogP contribution in [0.5, 0.6) is 5.75 Å². The summed E-state index contributed by atoms with van der Waals surface area (Å²) in [6.45, 7) is -0.401. The Bertz CT molecular complexity index is 753. The number of carbonyl (C=O) groups excluding carboxylic acids is 3. The largest absolute Gasteiger partial charge is 0.508 e. The zero-order chi connectivity index (χ0) is 15.7. The summed E-state index contributed by atoms with van der Waals surface area (Å²) >= 11 is 0. The van der Waals surface area contributed by atoms with E-state index in [1.54, 1.807) is 12.1 Å². The number of phenols is 1. The van der Waals surface area contributed by atoms with E-state index in [2.05, 4.69) is 10.3 Å². The first-order valence-electron chi connectivity index (χ1n) is 6.45. The molecule has 1 aliphatic rings. The first kappa shape index (κ1) is 13.7. The van der Waals surface area contributed by atoms with Crippen molar-refractivity contribution in [2.24, 2.45) is 0 Å². The SMILES string of the molecule is O=C(CN1C(=O)c2ccncc2C1=O)Nc1cccc(O)c1. The number of amides is 3. The van der Waals surface area contributed by atoms with E-state index in [4.69, 9.17) is 0 Å². The average Bonchev–Trinajstić information content (AvgIpc) is 2.73. The highest BCUT2D eigenvalue weighted by Gasteiger charge is 2.36. The zero-order valence-corrected chi connectivity index (χ0v) is 11.3. The predicted octanol–water partition coefficient (Wildman–Crippen LogP) is 1.02. The van der Waals surface area contributed by atoms with Gasteiger partial charge in [-0.15, -0.1) is 0 Å². The second-order valence-corrected chi connectivity index (χ2v) is 4.72. The summed E-state index contributed by atoms with van der Waals surface area (Å²) in [5.74, 6) is -1.59. The summed E-state index contributed by atoms with van der Waals surface area (Å²) in [5, 5.41) is 11.9. The molecule has 7 heteroatoms. The van der Waals surface area contributed by atoms with Crippen LogP contribution in [0.1, 0.15) is 20.7 Å². The summed E-state index contributed by atoms with van der Waals surface area (Å²) in [5.41, 5.74) is 0.811. The van der Waals surface area contributed by atoms with Gasteiger partial charge in [-0.1, -0.05) is 6.07 Å². The van der Waals surface area contributed by atoms with Crippen LogP contribution in [0.2, 0.25) is 0 Å². The Morgan fingerprint density at radius 2 is 1.95 bits per heavy atom. The van der Waals surface area contributed by atoms with Crippen molar-refractivity contribution < 1.29 is 19.5 Å². The number of hydrogen-bond donors (Lipinski definition) is 2. The summed E-state index contributed by atoms with van der Waals surface area (Å²) in [6, 6.07) is 7.43. The molecular weight excluding hydrogens is 286 g/mol. The maximum atomic E-state index is 12.1. The van der Waals surface area contributed by atoms with Gasteiger partial charge >= 0.3 is 0 Å². The summed E-state index contributed by atoms with van der Waals surface area (Å²) in [6.07, 6.45) is 2.73. The molecular formula is C15H11N3O4. The zero-order valence-electron chi connectivity index (χ0n) is 11.3. The minimum atomic E-state index is -0.542. The van der Waals surface area contributed by atoms with Crippen molar-refractivity contribution in [3.8, 4) is 5.75 Å². The predicted molar refractivity (Wildman–Crippen MR) is 76.3 cm³/mol. The molecule has 3 rings (SSSR count). The van der Waals surface area contributed by atoms with Crippen LogP contribution in [0.25, 0.3) is 0 Å². The molecule has 7 nitrogen and oxygen atoms in total. The fourth-order valence-electron chi connectivity index (χ4n) is 2.21. The number of carbonyl (C=O) groups is 3. The molecule has 0 bridgehead atoms. The number of phenolic OH excluding ortho intramolecular Hbond substituents is 1. The number of aromatic nitrogens is 1. The lowest BCUT2D eigenvalue weighted by Gasteiger charge is -2.13. The van der Waals surface area contributed by atoms with Crippen molar-refractivity contribution in [2.45, 2.75) is 0 Å². The van der Waals surface area contributed by atoms with Crippen LogP contribution in [-0.2, 0) is 4.79 Å². The van der Waals surface area contributed by atoms with Crippen molar-refractivity contribution in [3.63, 3.8) is 0 Å². The van der Waals surface area contributed by atoms with Gasteiger partial charge in [0.15, 0.2) is 0 Å². The Hall–Kier alpha value is -3.22. The topological polar surface area (TPSA) is 99.6 Å². The van der Waals surface area contributed by atoms with E-state index in [0.717, 1.165) is 4.90 Å². The maximum Gasteiger partial charge on any atom is 0.263 e. The molecule has 1 aromatic heterocycles. The Labute approximate surface area is 125 Å². The van der Waals surface area contributed by atoms with Gasteiger partial charge in [-0.3, -0.25) is 24.3 Å². The fraction of sp³-hybridized carbons (Fsp3) is 0.0667. The van der Waals surface area contributed by atoms with Crippen molar-refractivity contribution >= 4 is 23.4 Å². The molecule has 0 spiro atoms. The van der Waals surface area contributed by atoms with Crippen molar-refractivity contribution in [2.75, 3.05) is 11.9 Å². The van der Waals surface area contributed by atoms with Gasteiger partial charge in [0.2, 0.25) is 5.91 Å². The molecule has 2 heterocycles. The lowest BCUT2D eigenvalue weighted by molar-refractivity contribution is -0.116. The molecule has 0 aliphatic carbocycles. The minimum absolute atomic E-state index is 0.00426. The van der Waals surface area contributed by atoms with Crippen LogP contribution in [-0.4, -0.2) is 39.3 Å². The third-order valence-electron chi connectivity index (χ3n) is 3.20. The standard InChI is InChI=1S/C15H11N3O4/c19-10-3-1-2-9(6-10)17-13(20)8-18-14(21)11-4-5-16-7-12(11)15(18)22/h1-7,19H,8H2,(H,17,20). The summed E-state index contributed by atoms with van der Waals surface area (Å²) in [4.78, 5) is 40.8. The molecule has 0 atom stereocenters. The third kappa shape index (κ3) is 2.39. The second kappa shape index (κ2) is 5.28. The van der Waals surface area contributed by atoms with Crippen LogP contribution < -0.4 is 5.32 Å². The molecule has 1 aromatic carbocycles. The lowest BCUT2D eigenvalue weighted by Crippen LogP contribution is -2.37. The monoisotopic (exact) mass is 297 g/mol. The molecule has 2 aromatic rings. The number of benzene rings is 1. The highest BCUT2D eigenvalue weighted by atomic mass is 16.3. The van der Waals surface area contributed by atoms with Crippen LogP contribution in [0.3, 0.4) is 0 Å². The van der Waals surface area contributed by atoms with Crippen LogP contribution in [0, 0.1) is 0 Å². The molecule has 0 fully saturated rings. The first-order chi connectivity index (χ1) is 10.6. The highest BCUT2D eigenvalue weighted by Crippen LogP contribution is 2.21. The Balaban J connectivity index is 1.73. The number of fused-ring (bicyclic) bond motifs is 1. The van der Waals surface area contributed by atoms with E-state index in [9.17, 15) is 19.5 Å². The number of anilines is 1. The number of rotatable bonds is 3. The first-order valence-corrected chi connectivity index (χ1v) is 6.45. The van der Waals surface area contributed by atoms with Crippen molar-refractivity contribution in [3.05, 3.63) is 53.9 Å². The van der Waals surface area contributed by atoms with E-state index >= 15 is 0 Å². The van der Waals surface area contributed by atoms with E-state index in [1.807, 2.05) is 0 Å². The van der Waals surface area contributed by atoms with Crippen LogP contribution in [0.4, 0.5) is 5.69 Å². The van der Waals surface area contributed by atoms with Crippen molar-refractivity contribution in [1.29, 1.82) is 0 Å². The average molecular weight is 297 g/mol. The molecule has 1 aliphatic heterocycles. The number of imide groups is 1. The highest BCUT2D eigenvalue weighted by molar-refractivity contribution is 6.22. The van der Waals surface area contributed by atoms with Gasteiger partial charge in [0.25, 0.3) is 11.8 Å². The maximum absolute atomic E-state index is 12.1. The number of hydrogen-bond acceptors (Lipinski definition) is 5. The Morgan fingerprint density at radius 3 is 2.68 bits per heavy atom. The molecule has 3 amide bonds. The van der Waals surface area contributed by atoms with Gasteiger partial charge in [0, 0.05) is 24.1 Å². The molecule has 0 saturated heterocycles. The number of nitrogens with one attached hydrogen (secondary N) is 1. The second-order valence-electron chi connectivity index (χ2n) is 4.72. The molecule has 0 unspecified atom stereocenters. The van der Waals surface area contributed by atoms with Gasteiger partial charge in [0.1, 0.15) is 12.3 Å². The summed E-state index contributed by atoms with van der Waals surface area (Å²) < 4.78 is 0.